The third kappa shape index (κ3) is 5.00. The number of hydrazone groups is 1. The summed E-state index contributed by atoms with van der Waals surface area (Å²) in [5.41, 5.74) is 4.12. The molecule has 3 rings (SSSR count). The van der Waals surface area contributed by atoms with Gasteiger partial charge in [0.15, 0.2) is 0 Å². The van der Waals surface area contributed by atoms with Gasteiger partial charge in [-0.1, -0.05) is 33.3 Å². The van der Waals surface area contributed by atoms with E-state index in [0.717, 1.165) is 44.2 Å². The predicted molar refractivity (Wildman–Crippen MR) is 111 cm³/mol. The van der Waals surface area contributed by atoms with E-state index in [9.17, 15) is 13.2 Å². The molecule has 2 aliphatic rings. The van der Waals surface area contributed by atoms with Crippen molar-refractivity contribution in [3.63, 3.8) is 0 Å². The van der Waals surface area contributed by atoms with Crippen LogP contribution in [-0.4, -0.2) is 37.4 Å². The fraction of sp³-hybridized carbons (Fsp3) is 0.619. The largest absolute Gasteiger partial charge is 0.271 e. The van der Waals surface area contributed by atoms with Gasteiger partial charge in [0.2, 0.25) is 10.0 Å². The number of carbonyl (C=O) groups excluding carboxylic acids is 1. The average molecular weight is 406 g/mol. The Morgan fingerprint density at radius 1 is 1.21 bits per heavy atom. The molecule has 0 aromatic heterocycles. The predicted octanol–water partition coefficient (Wildman–Crippen LogP) is 3.79. The van der Waals surface area contributed by atoms with Crippen LogP contribution in [0.2, 0.25) is 0 Å². The van der Waals surface area contributed by atoms with Gasteiger partial charge in [0.25, 0.3) is 5.91 Å². The van der Waals surface area contributed by atoms with Crippen molar-refractivity contribution < 1.29 is 13.2 Å². The molecule has 0 spiro atoms. The first-order valence-electron chi connectivity index (χ1n) is 10.1. The molecule has 6 nitrogen and oxygen atoms in total. The first kappa shape index (κ1) is 21.0. The molecule has 1 unspecified atom stereocenters. The number of sulfonamides is 1. The molecule has 7 heteroatoms. The molecule has 1 N–H and O–H groups in total. The van der Waals surface area contributed by atoms with Gasteiger partial charge in [0, 0.05) is 24.4 Å². The van der Waals surface area contributed by atoms with E-state index in [4.69, 9.17) is 0 Å². The molecular formula is C21H31N3O3S. The van der Waals surface area contributed by atoms with E-state index in [1.807, 2.05) is 0 Å². The van der Waals surface area contributed by atoms with Crippen LogP contribution in [0.15, 0.2) is 34.3 Å². The van der Waals surface area contributed by atoms with E-state index in [1.165, 1.54) is 10.4 Å². The van der Waals surface area contributed by atoms with E-state index in [-0.39, 0.29) is 16.2 Å². The molecule has 0 bridgehead atoms. The van der Waals surface area contributed by atoms with Crippen LogP contribution in [0.5, 0.6) is 0 Å². The van der Waals surface area contributed by atoms with Crippen LogP contribution in [0.1, 0.15) is 69.7 Å². The lowest BCUT2D eigenvalue weighted by Gasteiger charge is -2.34. The zero-order valence-corrected chi connectivity index (χ0v) is 17.9. The summed E-state index contributed by atoms with van der Waals surface area (Å²) in [7, 11) is -3.56. The van der Waals surface area contributed by atoms with Crippen molar-refractivity contribution >= 4 is 21.6 Å². The zero-order valence-electron chi connectivity index (χ0n) is 17.1. The summed E-state index contributed by atoms with van der Waals surface area (Å²) in [6.45, 7) is 7.72. The molecule has 154 valence electrons. The van der Waals surface area contributed by atoms with Crippen molar-refractivity contribution in [2.24, 2.45) is 16.4 Å². The Balaban J connectivity index is 1.73. The minimum atomic E-state index is -3.56. The number of benzene rings is 1. The molecular weight excluding hydrogens is 374 g/mol. The molecule has 1 amide bonds. The second-order valence-corrected chi connectivity index (χ2v) is 10.9. The highest BCUT2D eigenvalue weighted by Gasteiger charge is 2.30. The second-order valence-electron chi connectivity index (χ2n) is 8.97. The minimum Gasteiger partial charge on any atom is -0.267 e. The lowest BCUT2D eigenvalue weighted by molar-refractivity contribution is 0.0953. The van der Waals surface area contributed by atoms with Crippen LogP contribution >= 0.6 is 0 Å². The number of carbonyl (C=O) groups is 1. The van der Waals surface area contributed by atoms with Crippen LogP contribution in [0.25, 0.3) is 0 Å². The van der Waals surface area contributed by atoms with E-state index < -0.39 is 10.0 Å². The zero-order chi connectivity index (χ0) is 20.4. The highest BCUT2D eigenvalue weighted by atomic mass is 32.2. The Bertz CT molecular complexity index is 855. The summed E-state index contributed by atoms with van der Waals surface area (Å²) >= 11 is 0. The van der Waals surface area contributed by atoms with Gasteiger partial charge in [-0.2, -0.15) is 9.41 Å². The number of nitrogens with zero attached hydrogens (tertiary/aromatic N) is 2. The van der Waals surface area contributed by atoms with Crippen LogP contribution in [0.3, 0.4) is 0 Å². The monoisotopic (exact) mass is 405 g/mol. The third-order valence-corrected chi connectivity index (χ3v) is 7.43. The molecule has 1 saturated carbocycles. The fourth-order valence-corrected chi connectivity index (χ4v) is 6.01. The lowest BCUT2D eigenvalue weighted by atomic mass is 9.72. The van der Waals surface area contributed by atoms with Crippen molar-refractivity contribution in [1.29, 1.82) is 0 Å². The van der Waals surface area contributed by atoms with Crippen molar-refractivity contribution in [3.8, 4) is 0 Å². The number of piperidine rings is 1. The first-order valence-corrected chi connectivity index (χ1v) is 11.6. The molecule has 1 aliphatic heterocycles. The van der Waals surface area contributed by atoms with Crippen LogP contribution in [0, 0.1) is 11.3 Å². The molecule has 1 saturated heterocycles. The summed E-state index contributed by atoms with van der Waals surface area (Å²) in [6, 6.07) is 6.24. The minimum absolute atomic E-state index is 0.169. The summed E-state index contributed by atoms with van der Waals surface area (Å²) in [6.07, 6.45) is 5.71. The summed E-state index contributed by atoms with van der Waals surface area (Å²) in [4.78, 5) is 12.7. The van der Waals surface area contributed by atoms with Gasteiger partial charge in [-0.25, -0.2) is 13.8 Å². The standard InChI is InChI=1S/C21H31N3O3S/c1-16-12-18(15-21(2,3)14-16)22-23-20(25)17-8-7-9-19(13-17)28(26,27)24-10-5-4-6-11-24/h7-9,13,16H,4-6,10-12,14-15H2,1-3H3,(H,23,25)/b22-18+. The SMILES string of the molecule is CC1C/C(=N\NC(=O)c2cccc(S(=O)(=O)N3CCCCC3)c2)CC(C)(C)C1. The first-order chi connectivity index (χ1) is 13.2. The van der Waals surface area contributed by atoms with Gasteiger partial charge in [-0.3, -0.25) is 4.79 Å². The van der Waals surface area contributed by atoms with Gasteiger partial charge in [-0.05, 0) is 61.6 Å². The second kappa shape index (κ2) is 8.33. The van der Waals surface area contributed by atoms with Gasteiger partial charge < -0.3 is 0 Å². The van der Waals surface area contributed by atoms with Gasteiger partial charge in [-0.15, -0.1) is 0 Å². The van der Waals surface area contributed by atoms with Gasteiger partial charge in [0.1, 0.15) is 0 Å². The Labute approximate surface area is 168 Å². The number of rotatable bonds is 4. The van der Waals surface area contributed by atoms with E-state index >= 15 is 0 Å². The number of amides is 1. The number of nitrogens with one attached hydrogen (secondary N) is 1. The maximum Gasteiger partial charge on any atom is 0.271 e. The van der Waals surface area contributed by atoms with E-state index in [0.29, 0.717) is 24.6 Å². The molecule has 1 atom stereocenters. The molecule has 1 heterocycles. The van der Waals surface area contributed by atoms with Crippen LogP contribution < -0.4 is 5.43 Å². The number of hydrogen-bond donors (Lipinski definition) is 1. The smallest absolute Gasteiger partial charge is 0.267 e. The number of hydrogen-bond acceptors (Lipinski definition) is 4. The Morgan fingerprint density at radius 3 is 2.61 bits per heavy atom. The van der Waals surface area contributed by atoms with Gasteiger partial charge in [0.05, 0.1) is 4.90 Å². The summed E-state index contributed by atoms with van der Waals surface area (Å²) < 4.78 is 27.2. The quantitative estimate of drug-likeness (QED) is 0.774. The van der Waals surface area contributed by atoms with Crippen LogP contribution in [0.4, 0.5) is 0 Å². The molecule has 1 aromatic carbocycles. The van der Waals surface area contributed by atoms with E-state index in [1.54, 1.807) is 18.2 Å². The van der Waals surface area contributed by atoms with Crippen LogP contribution in [-0.2, 0) is 10.0 Å². The third-order valence-electron chi connectivity index (χ3n) is 5.53. The van der Waals surface area contributed by atoms with E-state index in [2.05, 4.69) is 31.3 Å². The normalized spacial score (nSPS) is 24.8. The Morgan fingerprint density at radius 2 is 1.93 bits per heavy atom. The van der Waals surface area contributed by atoms with Crippen molar-refractivity contribution in [2.45, 2.75) is 64.2 Å². The molecule has 0 radical (unpaired) electrons. The lowest BCUT2D eigenvalue weighted by Crippen LogP contribution is -2.35. The fourth-order valence-electron chi connectivity index (χ4n) is 4.45. The Kier molecular flexibility index (Phi) is 6.25. The summed E-state index contributed by atoms with van der Waals surface area (Å²) in [5.74, 6) is 0.164. The highest BCUT2D eigenvalue weighted by Crippen LogP contribution is 2.36. The van der Waals surface area contributed by atoms with Crippen molar-refractivity contribution in [3.05, 3.63) is 29.8 Å². The van der Waals surface area contributed by atoms with Crippen molar-refractivity contribution in [1.82, 2.24) is 9.73 Å². The Hall–Kier alpha value is -1.73. The summed E-state index contributed by atoms with van der Waals surface area (Å²) in [5, 5.41) is 4.34. The molecule has 28 heavy (non-hydrogen) atoms. The topological polar surface area (TPSA) is 78.8 Å². The van der Waals surface area contributed by atoms with Crippen molar-refractivity contribution in [2.75, 3.05) is 13.1 Å². The molecule has 1 aliphatic carbocycles. The molecule has 1 aromatic rings. The van der Waals surface area contributed by atoms with Gasteiger partial charge >= 0.3 is 0 Å². The maximum atomic E-state index is 12.8. The molecule has 2 fully saturated rings. The average Bonchev–Trinajstić information content (AvgIpc) is 2.65. The highest BCUT2D eigenvalue weighted by molar-refractivity contribution is 7.89. The maximum absolute atomic E-state index is 12.8.